The number of amides is 2. The van der Waals surface area contributed by atoms with Crippen LogP contribution in [0.5, 0.6) is 0 Å². The SMILES string of the molecule is CN1CCN(C(=O)N2CCOCC2)c2ncccc2C1. The molecule has 1 aromatic heterocycles. The highest BCUT2D eigenvalue weighted by Gasteiger charge is 2.28. The van der Waals surface area contributed by atoms with Crippen LogP contribution in [0.3, 0.4) is 0 Å². The number of aromatic nitrogens is 1. The molecule has 2 amide bonds. The number of likely N-dealkylation sites (N-methyl/N-ethyl adjacent to an activating group) is 1. The first-order valence-electron chi connectivity index (χ1n) is 7.02. The van der Waals surface area contributed by atoms with Gasteiger partial charge in [0.1, 0.15) is 5.82 Å². The Morgan fingerprint density at radius 1 is 1.25 bits per heavy atom. The van der Waals surface area contributed by atoms with Crippen molar-refractivity contribution < 1.29 is 9.53 Å². The van der Waals surface area contributed by atoms with Gasteiger partial charge in [-0.15, -0.1) is 0 Å². The van der Waals surface area contributed by atoms with E-state index in [-0.39, 0.29) is 6.03 Å². The molecule has 1 aromatic rings. The Labute approximate surface area is 118 Å². The fraction of sp³-hybridized carbons (Fsp3) is 0.571. The predicted octanol–water partition coefficient (Wildman–Crippen LogP) is 0.786. The molecule has 1 fully saturated rings. The van der Waals surface area contributed by atoms with Gasteiger partial charge in [-0.25, -0.2) is 9.78 Å². The summed E-state index contributed by atoms with van der Waals surface area (Å²) in [7, 11) is 2.07. The van der Waals surface area contributed by atoms with Crippen LogP contribution in [0.2, 0.25) is 0 Å². The van der Waals surface area contributed by atoms with Crippen LogP contribution in [0.25, 0.3) is 0 Å². The van der Waals surface area contributed by atoms with Crippen LogP contribution >= 0.6 is 0 Å². The first-order valence-corrected chi connectivity index (χ1v) is 7.02. The van der Waals surface area contributed by atoms with Crippen molar-refractivity contribution >= 4 is 11.8 Å². The van der Waals surface area contributed by atoms with Gasteiger partial charge >= 0.3 is 6.03 Å². The third-order valence-electron chi connectivity index (χ3n) is 3.78. The van der Waals surface area contributed by atoms with E-state index in [1.807, 2.05) is 21.9 Å². The number of urea groups is 1. The molecular formula is C14H20N4O2. The summed E-state index contributed by atoms with van der Waals surface area (Å²) in [6.45, 7) is 4.92. The minimum Gasteiger partial charge on any atom is -0.378 e. The second-order valence-electron chi connectivity index (χ2n) is 5.26. The molecule has 108 valence electrons. The van der Waals surface area contributed by atoms with Crippen LogP contribution in [-0.4, -0.2) is 67.3 Å². The minimum atomic E-state index is 0.0450. The Balaban J connectivity index is 1.86. The standard InChI is InChI=1S/C14H20N4O2/c1-16-5-6-18(13-12(11-16)3-2-4-15-13)14(19)17-7-9-20-10-8-17/h2-4H,5-11H2,1H3. The van der Waals surface area contributed by atoms with Gasteiger partial charge in [0.05, 0.1) is 13.2 Å². The average molecular weight is 276 g/mol. The maximum Gasteiger partial charge on any atom is 0.325 e. The fourth-order valence-corrected chi connectivity index (χ4v) is 2.65. The van der Waals surface area contributed by atoms with Crippen molar-refractivity contribution in [2.75, 3.05) is 51.3 Å². The molecule has 0 radical (unpaired) electrons. The second kappa shape index (κ2) is 5.76. The highest BCUT2D eigenvalue weighted by atomic mass is 16.5. The zero-order valence-corrected chi connectivity index (χ0v) is 11.8. The lowest BCUT2D eigenvalue weighted by atomic mass is 10.2. The summed E-state index contributed by atoms with van der Waals surface area (Å²) in [4.78, 5) is 23.0. The first-order chi connectivity index (χ1) is 9.75. The number of fused-ring (bicyclic) bond motifs is 1. The number of ether oxygens (including phenoxy) is 1. The molecule has 0 bridgehead atoms. The quantitative estimate of drug-likeness (QED) is 0.703. The lowest BCUT2D eigenvalue weighted by Crippen LogP contribution is -2.49. The number of hydrogen-bond acceptors (Lipinski definition) is 4. The van der Waals surface area contributed by atoms with Crippen LogP contribution < -0.4 is 4.90 Å². The molecule has 3 heterocycles. The Morgan fingerprint density at radius 3 is 2.85 bits per heavy atom. The molecular weight excluding hydrogens is 256 g/mol. The van der Waals surface area contributed by atoms with Crippen LogP contribution in [0.15, 0.2) is 18.3 Å². The van der Waals surface area contributed by atoms with Gasteiger partial charge in [0.2, 0.25) is 0 Å². The van der Waals surface area contributed by atoms with Crippen LogP contribution in [0.4, 0.5) is 10.6 Å². The van der Waals surface area contributed by atoms with Gasteiger partial charge in [0.15, 0.2) is 0 Å². The lowest BCUT2D eigenvalue weighted by molar-refractivity contribution is 0.0548. The van der Waals surface area contributed by atoms with E-state index in [1.54, 1.807) is 6.20 Å². The summed E-state index contributed by atoms with van der Waals surface area (Å²) in [5.74, 6) is 0.799. The molecule has 0 saturated carbocycles. The average Bonchev–Trinajstić information content (AvgIpc) is 2.66. The Morgan fingerprint density at radius 2 is 2.05 bits per heavy atom. The summed E-state index contributed by atoms with van der Waals surface area (Å²) >= 11 is 0. The Kier molecular flexibility index (Phi) is 3.84. The zero-order valence-electron chi connectivity index (χ0n) is 11.8. The fourth-order valence-electron chi connectivity index (χ4n) is 2.65. The van der Waals surface area contributed by atoms with Crippen molar-refractivity contribution in [1.29, 1.82) is 0 Å². The number of nitrogens with zero attached hydrogens (tertiary/aromatic N) is 4. The number of anilines is 1. The molecule has 0 aromatic carbocycles. The van der Waals surface area contributed by atoms with Crippen molar-refractivity contribution in [3.8, 4) is 0 Å². The smallest absolute Gasteiger partial charge is 0.325 e. The zero-order chi connectivity index (χ0) is 13.9. The number of rotatable bonds is 0. The summed E-state index contributed by atoms with van der Waals surface area (Å²) in [6.07, 6.45) is 1.75. The minimum absolute atomic E-state index is 0.0450. The predicted molar refractivity (Wildman–Crippen MR) is 75.7 cm³/mol. The number of morpholine rings is 1. The van der Waals surface area contributed by atoms with E-state index in [0.717, 1.165) is 24.5 Å². The van der Waals surface area contributed by atoms with E-state index < -0.39 is 0 Å². The third-order valence-corrected chi connectivity index (χ3v) is 3.78. The summed E-state index contributed by atoms with van der Waals surface area (Å²) in [5.41, 5.74) is 1.11. The maximum absolute atomic E-state index is 12.7. The van der Waals surface area contributed by atoms with E-state index in [2.05, 4.69) is 16.9 Å². The molecule has 3 rings (SSSR count). The lowest BCUT2D eigenvalue weighted by Gasteiger charge is -2.32. The normalized spacial score (nSPS) is 20.4. The first kappa shape index (κ1) is 13.3. The Hall–Kier alpha value is -1.66. The number of carbonyl (C=O) groups excluding carboxylic acids is 1. The second-order valence-corrected chi connectivity index (χ2v) is 5.26. The molecule has 0 unspecified atom stereocenters. The monoisotopic (exact) mass is 276 g/mol. The molecule has 0 aliphatic carbocycles. The molecule has 1 saturated heterocycles. The van der Waals surface area contributed by atoms with Gasteiger partial charge in [-0.2, -0.15) is 0 Å². The van der Waals surface area contributed by atoms with E-state index >= 15 is 0 Å². The van der Waals surface area contributed by atoms with E-state index in [4.69, 9.17) is 4.74 Å². The van der Waals surface area contributed by atoms with Crippen molar-refractivity contribution in [2.24, 2.45) is 0 Å². The molecule has 20 heavy (non-hydrogen) atoms. The summed E-state index contributed by atoms with van der Waals surface area (Å²) in [5, 5.41) is 0. The summed E-state index contributed by atoms with van der Waals surface area (Å²) in [6, 6.07) is 4.02. The van der Waals surface area contributed by atoms with Gasteiger partial charge in [-0.3, -0.25) is 4.90 Å². The van der Waals surface area contributed by atoms with Gasteiger partial charge < -0.3 is 14.5 Å². The van der Waals surface area contributed by atoms with Gasteiger partial charge in [-0.05, 0) is 13.1 Å². The largest absolute Gasteiger partial charge is 0.378 e. The number of pyridine rings is 1. The summed E-state index contributed by atoms with van der Waals surface area (Å²) < 4.78 is 5.31. The molecule has 2 aliphatic heterocycles. The topological polar surface area (TPSA) is 48.9 Å². The number of carbonyl (C=O) groups is 1. The molecule has 0 atom stereocenters. The van der Waals surface area contributed by atoms with Crippen molar-refractivity contribution in [1.82, 2.24) is 14.8 Å². The maximum atomic E-state index is 12.7. The van der Waals surface area contributed by atoms with Crippen molar-refractivity contribution in [3.63, 3.8) is 0 Å². The molecule has 0 N–H and O–H groups in total. The molecule has 6 heteroatoms. The van der Waals surface area contributed by atoms with Gasteiger partial charge in [0.25, 0.3) is 0 Å². The van der Waals surface area contributed by atoms with Gasteiger partial charge in [0, 0.05) is 44.5 Å². The Bertz CT molecular complexity index is 488. The molecule has 0 spiro atoms. The van der Waals surface area contributed by atoms with E-state index in [1.165, 1.54) is 0 Å². The van der Waals surface area contributed by atoms with Crippen molar-refractivity contribution in [2.45, 2.75) is 6.54 Å². The molecule has 6 nitrogen and oxygen atoms in total. The van der Waals surface area contributed by atoms with Gasteiger partial charge in [-0.1, -0.05) is 6.07 Å². The third kappa shape index (κ3) is 2.62. The van der Waals surface area contributed by atoms with Crippen LogP contribution in [0.1, 0.15) is 5.56 Å². The van der Waals surface area contributed by atoms with Crippen molar-refractivity contribution in [3.05, 3.63) is 23.9 Å². The number of hydrogen-bond donors (Lipinski definition) is 0. The highest BCUT2D eigenvalue weighted by molar-refractivity contribution is 5.92. The van der Waals surface area contributed by atoms with Crippen LogP contribution in [-0.2, 0) is 11.3 Å². The van der Waals surface area contributed by atoms with Crippen LogP contribution in [0, 0.1) is 0 Å². The highest BCUT2D eigenvalue weighted by Crippen LogP contribution is 2.23. The van der Waals surface area contributed by atoms with E-state index in [9.17, 15) is 4.79 Å². The van der Waals surface area contributed by atoms with E-state index in [0.29, 0.717) is 32.8 Å². The molecule has 2 aliphatic rings.